The molecule has 29 heavy (non-hydrogen) atoms. The van der Waals surface area contributed by atoms with Crippen molar-refractivity contribution >= 4 is 11.7 Å². The zero-order valence-electron chi connectivity index (χ0n) is 17.1. The van der Waals surface area contributed by atoms with E-state index in [4.69, 9.17) is 0 Å². The Labute approximate surface area is 171 Å². The molecule has 3 atom stereocenters. The van der Waals surface area contributed by atoms with Crippen molar-refractivity contribution in [3.05, 3.63) is 59.5 Å². The molecule has 154 valence electrons. The Morgan fingerprint density at radius 2 is 2.07 bits per heavy atom. The number of halogens is 1. The first-order valence-corrected chi connectivity index (χ1v) is 10.5. The topological polar surface area (TPSA) is 48.5 Å². The summed E-state index contributed by atoms with van der Waals surface area (Å²) in [7, 11) is 3.93. The average molecular weight is 397 g/mol. The number of pyridine rings is 1. The second kappa shape index (κ2) is 8.49. The molecule has 2 aliphatic heterocycles. The minimum atomic E-state index is -0.217. The van der Waals surface area contributed by atoms with E-state index in [1.165, 1.54) is 12.5 Å². The lowest BCUT2D eigenvalue weighted by atomic mass is 9.86. The molecular weight excluding hydrogens is 367 g/mol. The number of amides is 1. The van der Waals surface area contributed by atoms with Crippen LogP contribution in [-0.4, -0.2) is 60.0 Å². The fraction of sp³-hybridized carbons (Fsp3) is 0.478. The Bertz CT molecular complexity index is 873. The van der Waals surface area contributed by atoms with E-state index in [1.54, 1.807) is 31.4 Å². The van der Waals surface area contributed by atoms with Crippen LogP contribution in [0, 0.1) is 5.82 Å². The number of benzene rings is 1. The van der Waals surface area contributed by atoms with E-state index in [-0.39, 0.29) is 29.7 Å². The maximum Gasteiger partial charge on any atom is 0.254 e. The molecule has 0 spiro atoms. The molecule has 0 unspecified atom stereocenters. The molecule has 1 aromatic carbocycles. The number of fused-ring (bicyclic) bond motifs is 1. The molecule has 3 heterocycles. The van der Waals surface area contributed by atoms with Crippen molar-refractivity contribution in [1.82, 2.24) is 14.8 Å². The second-order valence-corrected chi connectivity index (χ2v) is 8.19. The van der Waals surface area contributed by atoms with Gasteiger partial charge in [-0.2, -0.15) is 0 Å². The van der Waals surface area contributed by atoms with Crippen LogP contribution in [0.3, 0.4) is 0 Å². The maximum atomic E-state index is 14.0. The summed E-state index contributed by atoms with van der Waals surface area (Å²) in [4.78, 5) is 22.3. The van der Waals surface area contributed by atoms with E-state index < -0.39 is 0 Å². The fourth-order valence-corrected chi connectivity index (χ4v) is 5.00. The Morgan fingerprint density at radius 1 is 1.21 bits per heavy atom. The highest BCUT2D eigenvalue weighted by molar-refractivity contribution is 5.95. The monoisotopic (exact) mass is 396 g/mol. The summed E-state index contributed by atoms with van der Waals surface area (Å²) in [5.41, 5.74) is 1.63. The molecule has 4 rings (SSSR count). The number of hydrogen-bond donors (Lipinski definition) is 1. The molecule has 2 aromatic rings. The number of anilines is 1. The first kappa shape index (κ1) is 19.8. The zero-order valence-corrected chi connectivity index (χ0v) is 17.1. The highest BCUT2D eigenvalue weighted by Gasteiger charge is 2.45. The number of aromatic nitrogens is 1. The molecule has 0 radical (unpaired) electrons. The number of nitrogens with zero attached hydrogens (tertiary/aromatic N) is 3. The van der Waals surface area contributed by atoms with Gasteiger partial charge < -0.3 is 15.1 Å². The van der Waals surface area contributed by atoms with Crippen molar-refractivity contribution < 1.29 is 9.18 Å². The van der Waals surface area contributed by atoms with E-state index in [0.29, 0.717) is 11.4 Å². The molecule has 1 aromatic heterocycles. The molecular formula is C23H29FN4O. The predicted octanol–water partition coefficient (Wildman–Crippen LogP) is 3.75. The van der Waals surface area contributed by atoms with E-state index >= 15 is 0 Å². The van der Waals surface area contributed by atoms with Gasteiger partial charge in [-0.1, -0.05) is 25.0 Å². The number of rotatable bonds is 3. The van der Waals surface area contributed by atoms with Gasteiger partial charge in [-0.05, 0) is 49.7 Å². The summed E-state index contributed by atoms with van der Waals surface area (Å²) in [6.07, 6.45) is 6.03. The van der Waals surface area contributed by atoms with Crippen LogP contribution >= 0.6 is 0 Å². The normalized spacial score (nSPS) is 25.2. The largest absolute Gasteiger partial charge is 0.373 e. The van der Waals surface area contributed by atoms with Crippen molar-refractivity contribution in [2.45, 2.75) is 43.7 Å². The Balaban J connectivity index is 1.72. The summed E-state index contributed by atoms with van der Waals surface area (Å²) >= 11 is 0. The van der Waals surface area contributed by atoms with Crippen LogP contribution < -0.4 is 5.32 Å². The van der Waals surface area contributed by atoms with Gasteiger partial charge in [0, 0.05) is 43.9 Å². The van der Waals surface area contributed by atoms with Crippen LogP contribution in [0.2, 0.25) is 0 Å². The molecule has 1 N–H and O–H groups in total. The van der Waals surface area contributed by atoms with Gasteiger partial charge in [-0.25, -0.2) is 9.37 Å². The van der Waals surface area contributed by atoms with Gasteiger partial charge >= 0.3 is 0 Å². The van der Waals surface area contributed by atoms with Gasteiger partial charge in [0.2, 0.25) is 0 Å². The minimum Gasteiger partial charge on any atom is -0.373 e. The molecule has 2 aliphatic rings. The van der Waals surface area contributed by atoms with Crippen LogP contribution in [-0.2, 0) is 0 Å². The lowest BCUT2D eigenvalue weighted by molar-refractivity contribution is 0.0587. The van der Waals surface area contributed by atoms with E-state index in [0.717, 1.165) is 37.9 Å². The third-order valence-corrected chi connectivity index (χ3v) is 6.42. The van der Waals surface area contributed by atoms with Gasteiger partial charge in [0.15, 0.2) is 0 Å². The summed E-state index contributed by atoms with van der Waals surface area (Å²) in [6.45, 7) is 1.57. The second-order valence-electron chi connectivity index (χ2n) is 8.19. The number of carbonyl (C=O) groups is 1. The summed E-state index contributed by atoms with van der Waals surface area (Å²) in [5.74, 6) is 0.612. The molecule has 6 heteroatoms. The zero-order chi connectivity index (χ0) is 20.4. The van der Waals surface area contributed by atoms with Crippen LogP contribution in [0.15, 0.2) is 42.6 Å². The lowest BCUT2D eigenvalue weighted by Gasteiger charge is -2.39. The third kappa shape index (κ3) is 3.99. The molecule has 0 aliphatic carbocycles. The van der Waals surface area contributed by atoms with Crippen molar-refractivity contribution in [2.24, 2.45) is 0 Å². The summed E-state index contributed by atoms with van der Waals surface area (Å²) in [5, 5.41) is 3.01. The Hall–Kier alpha value is -2.47. The lowest BCUT2D eigenvalue weighted by Crippen LogP contribution is -2.50. The van der Waals surface area contributed by atoms with Crippen LogP contribution in [0.5, 0.6) is 0 Å². The van der Waals surface area contributed by atoms with Crippen molar-refractivity contribution in [3.63, 3.8) is 0 Å². The Morgan fingerprint density at radius 3 is 2.86 bits per heavy atom. The standard InChI is InChI=1S/C23H29FN4O/c1-25-21-14-17(10-11-26-21)23(29)28-12-5-3-4-9-20-22(28)19(15-27(20)2)16-7-6-8-18(24)13-16/h6-8,10-11,13-14,19-20,22H,3-5,9,12,15H2,1-2H3,(H,25,26)/t19-,20+,22-/m0/s1. The number of nitrogens with one attached hydrogen (secondary N) is 1. The number of carbonyl (C=O) groups excluding carboxylic acids is 1. The molecule has 2 fully saturated rings. The highest BCUT2D eigenvalue weighted by Crippen LogP contribution is 2.39. The molecule has 1 amide bonds. The van der Waals surface area contributed by atoms with E-state index in [1.807, 2.05) is 12.1 Å². The van der Waals surface area contributed by atoms with E-state index in [2.05, 4.69) is 27.1 Å². The summed E-state index contributed by atoms with van der Waals surface area (Å²) < 4.78 is 14.0. The minimum absolute atomic E-state index is 0.0394. The van der Waals surface area contributed by atoms with Crippen LogP contribution in [0.1, 0.15) is 47.5 Å². The average Bonchev–Trinajstić information content (AvgIpc) is 3.03. The van der Waals surface area contributed by atoms with E-state index in [9.17, 15) is 9.18 Å². The molecule has 2 saturated heterocycles. The van der Waals surface area contributed by atoms with Gasteiger partial charge in [0.25, 0.3) is 5.91 Å². The van der Waals surface area contributed by atoms with Crippen molar-refractivity contribution in [1.29, 1.82) is 0 Å². The Kier molecular flexibility index (Phi) is 5.81. The SMILES string of the molecule is CNc1cc(C(=O)N2CCCCC[C@@H]3[C@@H]2[C@H](c2cccc(F)c2)CN3C)ccn1. The number of likely N-dealkylation sites (tertiary alicyclic amines) is 2. The van der Waals surface area contributed by atoms with Crippen LogP contribution in [0.25, 0.3) is 0 Å². The molecule has 5 nitrogen and oxygen atoms in total. The number of likely N-dealkylation sites (N-methyl/N-ethyl adjacent to an activating group) is 1. The molecule has 0 saturated carbocycles. The maximum absolute atomic E-state index is 14.0. The first-order valence-electron chi connectivity index (χ1n) is 10.5. The molecule has 0 bridgehead atoms. The predicted molar refractivity (Wildman–Crippen MR) is 113 cm³/mol. The summed E-state index contributed by atoms with van der Waals surface area (Å²) in [6, 6.07) is 10.8. The van der Waals surface area contributed by atoms with Gasteiger partial charge in [0.05, 0.1) is 6.04 Å². The van der Waals surface area contributed by atoms with Crippen LogP contribution in [0.4, 0.5) is 10.2 Å². The first-order chi connectivity index (χ1) is 14.1. The van der Waals surface area contributed by atoms with Crippen molar-refractivity contribution in [3.8, 4) is 0 Å². The third-order valence-electron chi connectivity index (χ3n) is 6.42. The van der Waals surface area contributed by atoms with Crippen molar-refractivity contribution in [2.75, 3.05) is 32.5 Å². The quantitative estimate of drug-likeness (QED) is 0.859. The smallest absolute Gasteiger partial charge is 0.254 e. The van der Waals surface area contributed by atoms with Gasteiger partial charge in [-0.3, -0.25) is 4.79 Å². The fourth-order valence-electron chi connectivity index (χ4n) is 5.00. The number of hydrogen-bond acceptors (Lipinski definition) is 4. The van der Waals surface area contributed by atoms with Gasteiger partial charge in [-0.15, -0.1) is 0 Å². The highest BCUT2D eigenvalue weighted by atomic mass is 19.1. The van der Waals surface area contributed by atoms with Gasteiger partial charge in [0.1, 0.15) is 11.6 Å².